The molecule has 4 heteroatoms. The highest BCUT2D eigenvalue weighted by atomic mass is 32.1. The van der Waals surface area contributed by atoms with Crippen molar-refractivity contribution in [2.45, 2.75) is 0 Å². The van der Waals surface area contributed by atoms with Crippen LogP contribution in [0.4, 0.5) is 5.00 Å². The van der Waals surface area contributed by atoms with E-state index >= 15 is 0 Å². The second kappa shape index (κ2) is 4.09. The first kappa shape index (κ1) is 9.80. The Balaban J connectivity index is 2.75. The quantitative estimate of drug-likeness (QED) is 0.752. The summed E-state index contributed by atoms with van der Waals surface area (Å²) >= 11 is 1.56. The third-order valence-electron chi connectivity index (χ3n) is 1.44. The average molecular weight is 197 g/mol. The highest BCUT2D eigenvalue weighted by Crippen LogP contribution is 2.24. The van der Waals surface area contributed by atoms with Gasteiger partial charge in [0.1, 0.15) is 0 Å². The summed E-state index contributed by atoms with van der Waals surface area (Å²) in [7, 11) is 3.91. The zero-order chi connectivity index (χ0) is 9.84. The lowest BCUT2D eigenvalue weighted by molar-refractivity contribution is -0.131. The summed E-state index contributed by atoms with van der Waals surface area (Å²) < 4.78 is 0. The molecule has 0 atom stereocenters. The van der Waals surface area contributed by atoms with E-state index in [1.807, 2.05) is 31.1 Å². The molecule has 1 aromatic heterocycles. The Morgan fingerprint density at radius 3 is 2.69 bits per heavy atom. The van der Waals surface area contributed by atoms with Crippen molar-refractivity contribution in [1.82, 2.24) is 0 Å². The van der Waals surface area contributed by atoms with Crippen LogP contribution in [-0.2, 0) is 4.79 Å². The zero-order valence-corrected chi connectivity index (χ0v) is 8.34. The molecular weight excluding hydrogens is 186 g/mol. The van der Waals surface area contributed by atoms with Crippen molar-refractivity contribution < 1.29 is 9.90 Å². The van der Waals surface area contributed by atoms with Crippen molar-refractivity contribution in [3.63, 3.8) is 0 Å². The Bertz CT molecular complexity index is 328. The highest BCUT2D eigenvalue weighted by Gasteiger charge is 1.98. The summed E-state index contributed by atoms with van der Waals surface area (Å²) in [6.07, 6.45) is 2.74. The van der Waals surface area contributed by atoms with Gasteiger partial charge in [0, 0.05) is 25.0 Å². The van der Waals surface area contributed by atoms with Gasteiger partial charge in [-0.2, -0.15) is 0 Å². The van der Waals surface area contributed by atoms with Crippen molar-refractivity contribution in [3.05, 3.63) is 23.1 Å². The molecule has 70 valence electrons. The van der Waals surface area contributed by atoms with Gasteiger partial charge in [-0.05, 0) is 18.2 Å². The minimum absolute atomic E-state index is 0.917. The second-order valence-corrected chi connectivity index (χ2v) is 3.84. The monoisotopic (exact) mass is 197 g/mol. The molecule has 0 aliphatic carbocycles. The first-order chi connectivity index (χ1) is 6.09. The van der Waals surface area contributed by atoms with Crippen LogP contribution in [0.1, 0.15) is 4.88 Å². The topological polar surface area (TPSA) is 40.5 Å². The molecule has 0 fully saturated rings. The van der Waals surface area contributed by atoms with Crippen molar-refractivity contribution >= 4 is 28.4 Å². The van der Waals surface area contributed by atoms with E-state index in [1.165, 1.54) is 0 Å². The normalized spacial score (nSPS) is 10.6. The molecule has 1 rings (SSSR count). The van der Waals surface area contributed by atoms with E-state index in [0.717, 1.165) is 16.0 Å². The zero-order valence-electron chi connectivity index (χ0n) is 7.52. The van der Waals surface area contributed by atoms with Crippen molar-refractivity contribution in [2.75, 3.05) is 19.0 Å². The van der Waals surface area contributed by atoms with E-state index in [0.29, 0.717) is 0 Å². The summed E-state index contributed by atoms with van der Waals surface area (Å²) in [5.74, 6) is -0.917. The Morgan fingerprint density at radius 1 is 1.54 bits per heavy atom. The molecule has 0 radical (unpaired) electrons. The molecule has 13 heavy (non-hydrogen) atoms. The molecule has 0 unspecified atom stereocenters. The smallest absolute Gasteiger partial charge is 0.328 e. The summed E-state index contributed by atoms with van der Waals surface area (Å²) in [5, 5.41) is 9.51. The van der Waals surface area contributed by atoms with Gasteiger partial charge < -0.3 is 10.0 Å². The van der Waals surface area contributed by atoms with Gasteiger partial charge in [-0.15, -0.1) is 11.3 Å². The molecule has 0 aromatic carbocycles. The second-order valence-electron chi connectivity index (χ2n) is 2.74. The maximum absolute atomic E-state index is 10.2. The maximum Gasteiger partial charge on any atom is 0.328 e. The summed E-state index contributed by atoms with van der Waals surface area (Å²) in [5.41, 5.74) is 0. The maximum atomic E-state index is 10.2. The van der Waals surface area contributed by atoms with Gasteiger partial charge in [-0.25, -0.2) is 4.79 Å². The fraction of sp³-hybridized carbons (Fsp3) is 0.222. The summed E-state index contributed by atoms with van der Waals surface area (Å²) in [6.45, 7) is 0. The van der Waals surface area contributed by atoms with E-state index in [-0.39, 0.29) is 0 Å². The van der Waals surface area contributed by atoms with E-state index in [4.69, 9.17) is 5.11 Å². The first-order valence-corrected chi connectivity index (χ1v) is 4.59. The number of thiophene rings is 1. The van der Waals surface area contributed by atoms with Crippen LogP contribution in [0.2, 0.25) is 0 Å². The number of carbonyl (C=O) groups is 1. The SMILES string of the molecule is CN(C)c1ccc(/C=C/C(=O)O)s1. The molecule has 1 N–H and O–H groups in total. The van der Waals surface area contributed by atoms with Gasteiger partial charge in [0.15, 0.2) is 0 Å². The van der Waals surface area contributed by atoms with Crippen LogP contribution >= 0.6 is 11.3 Å². The molecule has 0 amide bonds. The number of nitrogens with zero attached hydrogens (tertiary/aromatic N) is 1. The molecule has 0 bridgehead atoms. The molecule has 0 aliphatic heterocycles. The molecule has 0 saturated heterocycles. The van der Waals surface area contributed by atoms with Crippen LogP contribution in [0.25, 0.3) is 6.08 Å². The molecular formula is C9H11NO2S. The standard InChI is InChI=1S/C9H11NO2S/c1-10(2)8-5-3-7(13-8)4-6-9(11)12/h3-6H,1-2H3,(H,11,12)/b6-4+. The van der Waals surface area contributed by atoms with Crippen LogP contribution in [0.15, 0.2) is 18.2 Å². The van der Waals surface area contributed by atoms with E-state index in [1.54, 1.807) is 17.4 Å². The Hall–Kier alpha value is -1.29. The molecule has 0 saturated carbocycles. The van der Waals surface area contributed by atoms with Gasteiger partial charge in [-0.3, -0.25) is 0 Å². The van der Waals surface area contributed by atoms with E-state index in [2.05, 4.69) is 0 Å². The van der Waals surface area contributed by atoms with Crippen molar-refractivity contribution in [3.8, 4) is 0 Å². The fourth-order valence-electron chi connectivity index (χ4n) is 0.826. The highest BCUT2D eigenvalue weighted by molar-refractivity contribution is 7.16. The Morgan fingerprint density at radius 2 is 2.23 bits per heavy atom. The van der Waals surface area contributed by atoms with Crippen LogP contribution in [0.5, 0.6) is 0 Å². The van der Waals surface area contributed by atoms with Crippen molar-refractivity contribution in [1.29, 1.82) is 0 Å². The molecule has 1 heterocycles. The van der Waals surface area contributed by atoms with Gasteiger partial charge in [0.05, 0.1) is 5.00 Å². The lowest BCUT2D eigenvalue weighted by Gasteiger charge is -2.06. The van der Waals surface area contributed by atoms with Gasteiger partial charge in [-0.1, -0.05) is 0 Å². The minimum Gasteiger partial charge on any atom is -0.478 e. The van der Waals surface area contributed by atoms with Gasteiger partial charge in [0.2, 0.25) is 0 Å². The number of rotatable bonds is 3. The number of hydrogen-bond donors (Lipinski definition) is 1. The first-order valence-electron chi connectivity index (χ1n) is 3.78. The molecule has 0 aliphatic rings. The largest absolute Gasteiger partial charge is 0.478 e. The number of carboxylic acids is 1. The van der Waals surface area contributed by atoms with E-state index < -0.39 is 5.97 Å². The summed E-state index contributed by atoms with van der Waals surface area (Å²) in [6, 6.07) is 3.87. The predicted molar refractivity (Wildman–Crippen MR) is 55.3 cm³/mol. The Kier molecular flexibility index (Phi) is 3.08. The molecule has 0 spiro atoms. The lowest BCUT2D eigenvalue weighted by Crippen LogP contribution is -2.05. The van der Waals surface area contributed by atoms with Crippen LogP contribution in [0, 0.1) is 0 Å². The third kappa shape index (κ3) is 2.91. The van der Waals surface area contributed by atoms with E-state index in [9.17, 15) is 4.79 Å². The number of hydrogen-bond acceptors (Lipinski definition) is 3. The van der Waals surface area contributed by atoms with Crippen LogP contribution in [-0.4, -0.2) is 25.2 Å². The number of carboxylic acid groups (broad SMARTS) is 1. The lowest BCUT2D eigenvalue weighted by atomic mass is 10.4. The van der Waals surface area contributed by atoms with Crippen LogP contribution < -0.4 is 4.90 Å². The van der Waals surface area contributed by atoms with Crippen LogP contribution in [0.3, 0.4) is 0 Å². The molecule has 3 nitrogen and oxygen atoms in total. The fourth-order valence-corrected chi connectivity index (χ4v) is 1.66. The Labute approximate surface area is 80.9 Å². The van der Waals surface area contributed by atoms with Gasteiger partial charge >= 0.3 is 5.97 Å². The predicted octanol–water partition coefficient (Wildman–Crippen LogP) is 1.91. The minimum atomic E-state index is -0.917. The number of aliphatic carboxylic acids is 1. The van der Waals surface area contributed by atoms with Gasteiger partial charge in [0.25, 0.3) is 0 Å². The average Bonchev–Trinajstić information content (AvgIpc) is 2.48. The third-order valence-corrected chi connectivity index (χ3v) is 2.66. The molecule has 1 aromatic rings. The number of anilines is 1. The van der Waals surface area contributed by atoms with Crippen molar-refractivity contribution in [2.24, 2.45) is 0 Å². The summed E-state index contributed by atoms with van der Waals surface area (Å²) in [4.78, 5) is 13.2.